The molecule has 0 aromatic heterocycles. The zero-order valence-electron chi connectivity index (χ0n) is 11.3. The number of urea groups is 1. The largest absolute Gasteiger partial charge is 0.335 e. The minimum absolute atomic E-state index is 0.148. The Balaban J connectivity index is 2.01. The molecule has 110 valence electrons. The number of carbonyl (C=O) groups excluding carboxylic acids is 3. The van der Waals surface area contributed by atoms with Gasteiger partial charge in [0, 0.05) is 6.54 Å². The lowest BCUT2D eigenvalue weighted by Crippen LogP contribution is -2.56. The Bertz CT molecular complexity index is 411. The fourth-order valence-electron chi connectivity index (χ4n) is 2.66. The molecular weight excluding hydrogens is 278 g/mol. The number of nitrogens with zero attached hydrogens (tertiary/aromatic N) is 1. The topological polar surface area (TPSA) is 78.5 Å². The summed E-state index contributed by atoms with van der Waals surface area (Å²) in [6.45, 7) is 3.92. The van der Waals surface area contributed by atoms with Crippen molar-refractivity contribution in [2.75, 3.05) is 12.3 Å². The van der Waals surface area contributed by atoms with E-state index in [2.05, 4.69) is 17.2 Å². The smallest absolute Gasteiger partial charge is 0.315 e. The number of imide groups is 1. The van der Waals surface area contributed by atoms with Crippen molar-refractivity contribution >= 4 is 28.9 Å². The van der Waals surface area contributed by atoms with Crippen LogP contribution in [0.1, 0.15) is 25.7 Å². The number of amides is 4. The van der Waals surface area contributed by atoms with Gasteiger partial charge in [-0.05, 0) is 12.8 Å². The molecule has 4 amide bonds. The molecule has 1 aliphatic heterocycles. The van der Waals surface area contributed by atoms with Gasteiger partial charge in [0.15, 0.2) is 0 Å². The summed E-state index contributed by atoms with van der Waals surface area (Å²) in [5.41, 5.74) is 0. The van der Waals surface area contributed by atoms with Crippen molar-refractivity contribution < 1.29 is 14.4 Å². The Hall–Kier alpha value is -1.50. The number of nitrogens with one attached hydrogen (secondary N) is 2. The molecule has 2 N–H and O–H groups in total. The van der Waals surface area contributed by atoms with Gasteiger partial charge in [-0.3, -0.25) is 14.5 Å². The maximum atomic E-state index is 11.8. The number of thioether (sulfide) groups is 1. The van der Waals surface area contributed by atoms with Gasteiger partial charge >= 0.3 is 6.03 Å². The molecule has 0 radical (unpaired) electrons. The second kappa shape index (κ2) is 6.78. The molecule has 1 saturated heterocycles. The van der Waals surface area contributed by atoms with Gasteiger partial charge in [0.25, 0.3) is 5.24 Å². The summed E-state index contributed by atoms with van der Waals surface area (Å²) in [5, 5.41) is 5.33. The van der Waals surface area contributed by atoms with Gasteiger partial charge in [-0.2, -0.15) is 0 Å². The Kier molecular flexibility index (Phi) is 5.05. The third-order valence-electron chi connectivity index (χ3n) is 3.57. The van der Waals surface area contributed by atoms with Crippen molar-refractivity contribution in [2.24, 2.45) is 0 Å². The van der Waals surface area contributed by atoms with Gasteiger partial charge in [-0.1, -0.05) is 30.7 Å². The highest BCUT2D eigenvalue weighted by Gasteiger charge is 2.41. The highest BCUT2D eigenvalue weighted by atomic mass is 32.2. The highest BCUT2D eigenvalue weighted by molar-refractivity contribution is 8.14. The summed E-state index contributed by atoms with van der Waals surface area (Å²) in [7, 11) is 0. The predicted octanol–water partition coefficient (Wildman–Crippen LogP) is 1.48. The third kappa shape index (κ3) is 3.33. The van der Waals surface area contributed by atoms with Crippen LogP contribution < -0.4 is 10.6 Å². The zero-order chi connectivity index (χ0) is 14.5. The summed E-state index contributed by atoms with van der Waals surface area (Å²) in [6.07, 6.45) is 5.10. The second-order valence-corrected chi connectivity index (χ2v) is 5.85. The van der Waals surface area contributed by atoms with E-state index in [0.717, 1.165) is 37.4 Å². The van der Waals surface area contributed by atoms with Crippen molar-refractivity contribution in [1.82, 2.24) is 15.5 Å². The van der Waals surface area contributed by atoms with E-state index >= 15 is 0 Å². The van der Waals surface area contributed by atoms with E-state index in [-0.39, 0.29) is 35.0 Å². The van der Waals surface area contributed by atoms with Gasteiger partial charge in [-0.25, -0.2) is 4.79 Å². The molecular formula is C13H19N3O3S. The fourth-order valence-corrected chi connectivity index (χ4v) is 3.42. The van der Waals surface area contributed by atoms with Crippen molar-refractivity contribution in [1.29, 1.82) is 0 Å². The van der Waals surface area contributed by atoms with Crippen LogP contribution in [-0.4, -0.2) is 46.5 Å². The first kappa shape index (κ1) is 14.9. The normalized spacial score (nSPS) is 26.5. The van der Waals surface area contributed by atoms with Crippen molar-refractivity contribution in [3.63, 3.8) is 0 Å². The first-order valence-corrected chi connectivity index (χ1v) is 7.76. The molecule has 0 bridgehead atoms. The fraction of sp³-hybridized carbons (Fsp3) is 0.615. The average Bonchev–Trinajstić information content (AvgIpc) is 2.77. The lowest BCUT2D eigenvalue weighted by molar-refractivity contribution is -0.127. The van der Waals surface area contributed by atoms with Crippen LogP contribution in [0.25, 0.3) is 0 Å². The number of hydrogen-bond donors (Lipinski definition) is 2. The van der Waals surface area contributed by atoms with E-state index < -0.39 is 0 Å². The lowest BCUT2D eigenvalue weighted by Gasteiger charge is -2.36. The quantitative estimate of drug-likeness (QED) is 0.770. The minimum atomic E-state index is -0.284. The van der Waals surface area contributed by atoms with E-state index in [1.54, 1.807) is 6.08 Å². The van der Waals surface area contributed by atoms with Crippen LogP contribution in [0, 0.1) is 0 Å². The van der Waals surface area contributed by atoms with Gasteiger partial charge in [0.05, 0.1) is 17.8 Å². The number of hydrogen-bond acceptors (Lipinski definition) is 4. The second-order valence-electron chi connectivity index (χ2n) is 4.92. The Morgan fingerprint density at radius 1 is 1.40 bits per heavy atom. The minimum Gasteiger partial charge on any atom is -0.335 e. The Morgan fingerprint density at radius 3 is 2.80 bits per heavy atom. The van der Waals surface area contributed by atoms with Gasteiger partial charge in [0.2, 0.25) is 5.91 Å². The van der Waals surface area contributed by atoms with E-state index in [1.807, 2.05) is 0 Å². The molecule has 0 aromatic carbocycles. The van der Waals surface area contributed by atoms with E-state index in [1.165, 1.54) is 4.90 Å². The van der Waals surface area contributed by atoms with Gasteiger partial charge in [0.1, 0.15) is 0 Å². The molecule has 0 unspecified atom stereocenters. The summed E-state index contributed by atoms with van der Waals surface area (Å²) in [6, 6.07) is -0.665. The maximum Gasteiger partial charge on any atom is 0.315 e. The molecule has 7 heteroatoms. The molecule has 1 aliphatic carbocycles. The van der Waals surface area contributed by atoms with Gasteiger partial charge < -0.3 is 10.6 Å². The molecule has 0 aromatic rings. The van der Waals surface area contributed by atoms with E-state index in [4.69, 9.17) is 0 Å². The first-order valence-electron chi connectivity index (χ1n) is 6.77. The summed E-state index contributed by atoms with van der Waals surface area (Å²) >= 11 is 1.04. The van der Waals surface area contributed by atoms with Crippen molar-refractivity contribution in [2.45, 2.75) is 37.8 Å². The van der Waals surface area contributed by atoms with Gasteiger partial charge in [-0.15, -0.1) is 6.58 Å². The molecule has 2 fully saturated rings. The van der Waals surface area contributed by atoms with Crippen molar-refractivity contribution in [3.05, 3.63) is 12.7 Å². The predicted molar refractivity (Wildman–Crippen MR) is 77.5 cm³/mol. The van der Waals surface area contributed by atoms with Crippen LogP contribution >= 0.6 is 11.8 Å². The van der Waals surface area contributed by atoms with Crippen molar-refractivity contribution in [3.8, 4) is 0 Å². The summed E-state index contributed by atoms with van der Waals surface area (Å²) in [4.78, 5) is 36.7. The Morgan fingerprint density at radius 2 is 2.15 bits per heavy atom. The SMILES string of the molecule is C=CCNC(=O)N[C@@H]1CCCC[C@H]1N1C(=O)CSC1=O. The monoisotopic (exact) mass is 297 g/mol. The molecule has 0 spiro atoms. The van der Waals surface area contributed by atoms with Crippen LogP contribution in [0.2, 0.25) is 0 Å². The summed E-state index contributed by atoms with van der Waals surface area (Å²) in [5.74, 6) is 0.0650. The molecule has 1 saturated carbocycles. The van der Waals surface area contributed by atoms with E-state index in [0.29, 0.717) is 6.54 Å². The zero-order valence-corrected chi connectivity index (χ0v) is 12.1. The average molecular weight is 297 g/mol. The molecule has 2 aliphatic rings. The van der Waals surface area contributed by atoms with E-state index in [9.17, 15) is 14.4 Å². The molecule has 20 heavy (non-hydrogen) atoms. The van der Waals surface area contributed by atoms with Crippen LogP contribution in [-0.2, 0) is 4.79 Å². The number of carbonyl (C=O) groups is 3. The molecule has 2 atom stereocenters. The van der Waals surface area contributed by atoms with Crippen LogP contribution in [0.4, 0.5) is 9.59 Å². The van der Waals surface area contributed by atoms with Crippen LogP contribution in [0.15, 0.2) is 12.7 Å². The standard InChI is InChI=1S/C13H19N3O3S/c1-2-7-14-12(18)15-9-5-3-4-6-10(9)16-11(17)8-20-13(16)19/h2,9-10H,1,3-8H2,(H2,14,15,18)/t9-,10-/m1/s1. The van der Waals surface area contributed by atoms with Crippen LogP contribution in [0.3, 0.4) is 0 Å². The highest BCUT2D eigenvalue weighted by Crippen LogP contribution is 2.29. The Labute approximate surface area is 122 Å². The lowest BCUT2D eigenvalue weighted by atomic mass is 9.89. The maximum absolute atomic E-state index is 11.8. The first-order chi connectivity index (χ1) is 9.63. The molecule has 1 heterocycles. The summed E-state index contributed by atoms with van der Waals surface area (Å²) < 4.78 is 0. The van der Waals surface area contributed by atoms with Crippen LogP contribution in [0.5, 0.6) is 0 Å². The molecule has 6 nitrogen and oxygen atoms in total. The molecule has 2 rings (SSSR count). The third-order valence-corrected chi connectivity index (χ3v) is 4.40. The number of rotatable bonds is 4.